The third kappa shape index (κ3) is 11.3. The summed E-state index contributed by atoms with van der Waals surface area (Å²) < 4.78 is 0.243. The molecule has 7 heteroatoms. The van der Waals surface area contributed by atoms with Crippen molar-refractivity contribution in [1.29, 1.82) is 0 Å². The van der Waals surface area contributed by atoms with Crippen LogP contribution in [0.1, 0.15) is 78.6 Å². The van der Waals surface area contributed by atoms with E-state index < -0.39 is 35.7 Å². The van der Waals surface area contributed by atoms with E-state index in [1.807, 2.05) is 26.8 Å². The molecule has 0 aromatic rings. The fraction of sp³-hybridized carbons (Fsp3) is 0.792. The molecule has 0 aliphatic heterocycles. The summed E-state index contributed by atoms with van der Waals surface area (Å²) in [6.07, 6.45) is 9.24. The SMILES string of the molecule is C=CCCCCCCC[N+](CC(CC)C(=O)O)(CC(CC)C(=O)O)CC(CC)C(=O)O. The summed E-state index contributed by atoms with van der Waals surface area (Å²) in [6.45, 7) is 10.6. The number of hydrogen-bond donors (Lipinski definition) is 3. The van der Waals surface area contributed by atoms with Crippen LogP contribution in [0.25, 0.3) is 0 Å². The molecule has 0 radical (unpaired) electrons. The first kappa shape index (κ1) is 29.1. The number of aliphatic carboxylic acids is 3. The van der Waals surface area contributed by atoms with Gasteiger partial charge in [-0.1, -0.05) is 39.7 Å². The first-order valence-electron chi connectivity index (χ1n) is 11.8. The Hall–Kier alpha value is -1.89. The van der Waals surface area contributed by atoms with Crippen LogP contribution in [-0.4, -0.2) is 63.9 Å². The largest absolute Gasteiger partial charge is 0.481 e. The molecule has 7 nitrogen and oxygen atoms in total. The van der Waals surface area contributed by atoms with E-state index in [-0.39, 0.29) is 24.1 Å². The minimum absolute atomic E-state index is 0.243. The zero-order valence-corrected chi connectivity index (χ0v) is 19.7. The number of carboxylic acids is 3. The average molecular weight is 443 g/mol. The molecule has 0 saturated heterocycles. The number of quaternary nitrogens is 1. The Balaban J connectivity index is 5.72. The Morgan fingerprint density at radius 2 is 1.06 bits per heavy atom. The number of hydrogen-bond acceptors (Lipinski definition) is 3. The molecule has 3 atom stereocenters. The maximum Gasteiger partial charge on any atom is 0.312 e. The molecule has 0 aromatic carbocycles. The van der Waals surface area contributed by atoms with Gasteiger partial charge in [-0.05, 0) is 44.9 Å². The second kappa shape index (κ2) is 15.8. The minimum atomic E-state index is -0.902. The number of carbonyl (C=O) groups is 3. The summed E-state index contributed by atoms with van der Waals surface area (Å²) in [4.78, 5) is 35.4. The molecule has 0 heterocycles. The molecule has 3 N–H and O–H groups in total. The molecule has 0 aliphatic rings. The molecule has 0 aromatic heterocycles. The summed E-state index contributed by atoms with van der Waals surface area (Å²) in [6, 6.07) is 0. The summed E-state index contributed by atoms with van der Waals surface area (Å²) in [5.41, 5.74) is 0. The van der Waals surface area contributed by atoms with Crippen LogP contribution in [0.2, 0.25) is 0 Å². The third-order valence-electron chi connectivity index (χ3n) is 6.39. The van der Waals surface area contributed by atoms with Crippen LogP contribution in [0.15, 0.2) is 12.7 Å². The molecule has 0 rings (SSSR count). The Kier molecular flexibility index (Phi) is 14.9. The molecule has 0 aliphatic carbocycles. The molecular formula is C24H44NO6+. The number of carboxylic acid groups (broad SMARTS) is 3. The van der Waals surface area contributed by atoms with Gasteiger partial charge >= 0.3 is 17.9 Å². The summed E-state index contributed by atoms with van der Waals surface area (Å²) in [5, 5.41) is 29.0. The summed E-state index contributed by atoms with van der Waals surface area (Å²) >= 11 is 0. The third-order valence-corrected chi connectivity index (χ3v) is 6.39. The number of nitrogens with zero attached hydrogens (tertiary/aromatic N) is 1. The van der Waals surface area contributed by atoms with Crippen molar-refractivity contribution < 1.29 is 34.2 Å². The van der Waals surface area contributed by atoms with Crippen molar-refractivity contribution in [3.63, 3.8) is 0 Å². The van der Waals surface area contributed by atoms with Crippen LogP contribution in [0.4, 0.5) is 0 Å². The van der Waals surface area contributed by atoms with E-state index in [1.54, 1.807) is 0 Å². The van der Waals surface area contributed by atoms with Crippen LogP contribution in [0.5, 0.6) is 0 Å². The highest BCUT2D eigenvalue weighted by atomic mass is 16.4. The first-order valence-corrected chi connectivity index (χ1v) is 11.8. The van der Waals surface area contributed by atoms with Crippen molar-refractivity contribution in [3.8, 4) is 0 Å². The van der Waals surface area contributed by atoms with Crippen molar-refractivity contribution in [3.05, 3.63) is 12.7 Å². The highest BCUT2D eigenvalue weighted by molar-refractivity contribution is 5.71. The Labute approximate surface area is 187 Å². The fourth-order valence-corrected chi connectivity index (χ4v) is 4.31. The lowest BCUT2D eigenvalue weighted by Crippen LogP contribution is -2.58. The maximum atomic E-state index is 11.8. The molecule has 0 bridgehead atoms. The predicted molar refractivity (Wildman–Crippen MR) is 122 cm³/mol. The van der Waals surface area contributed by atoms with Crippen LogP contribution in [-0.2, 0) is 14.4 Å². The lowest BCUT2D eigenvalue weighted by Gasteiger charge is -2.43. The van der Waals surface area contributed by atoms with E-state index in [1.165, 1.54) is 0 Å². The van der Waals surface area contributed by atoms with Crippen LogP contribution in [0, 0.1) is 17.8 Å². The molecule has 180 valence electrons. The molecule has 3 unspecified atom stereocenters. The van der Waals surface area contributed by atoms with Gasteiger partial charge in [-0.2, -0.15) is 0 Å². The Morgan fingerprint density at radius 3 is 1.39 bits per heavy atom. The topological polar surface area (TPSA) is 112 Å². The molecule has 0 saturated carbocycles. The second-order valence-electron chi connectivity index (χ2n) is 8.79. The van der Waals surface area contributed by atoms with E-state index in [0.29, 0.717) is 25.8 Å². The second-order valence-corrected chi connectivity index (χ2v) is 8.79. The summed E-state index contributed by atoms with van der Waals surface area (Å²) in [7, 11) is 0. The van der Waals surface area contributed by atoms with Crippen LogP contribution in [0.3, 0.4) is 0 Å². The first-order chi connectivity index (χ1) is 14.7. The van der Waals surface area contributed by atoms with E-state index in [9.17, 15) is 29.7 Å². The average Bonchev–Trinajstić information content (AvgIpc) is 2.72. The monoisotopic (exact) mass is 442 g/mol. The van der Waals surface area contributed by atoms with Crippen molar-refractivity contribution in [2.24, 2.45) is 17.8 Å². The van der Waals surface area contributed by atoms with Gasteiger partial charge < -0.3 is 19.8 Å². The van der Waals surface area contributed by atoms with E-state index in [4.69, 9.17) is 0 Å². The van der Waals surface area contributed by atoms with Crippen LogP contribution >= 0.6 is 0 Å². The normalized spacial score (nSPS) is 16.1. The smallest absolute Gasteiger partial charge is 0.312 e. The number of unbranched alkanes of at least 4 members (excludes halogenated alkanes) is 5. The lowest BCUT2D eigenvalue weighted by atomic mass is 9.95. The molecule has 31 heavy (non-hydrogen) atoms. The van der Waals surface area contributed by atoms with Gasteiger partial charge in [0.25, 0.3) is 0 Å². The Bertz CT molecular complexity index is 502. The maximum absolute atomic E-state index is 11.8. The van der Waals surface area contributed by atoms with Gasteiger partial charge in [0.15, 0.2) is 0 Å². The van der Waals surface area contributed by atoms with Crippen molar-refractivity contribution >= 4 is 17.9 Å². The zero-order valence-electron chi connectivity index (χ0n) is 19.7. The van der Waals surface area contributed by atoms with Gasteiger partial charge in [0.05, 0.1) is 26.2 Å². The van der Waals surface area contributed by atoms with Gasteiger partial charge in [-0.25, -0.2) is 0 Å². The van der Waals surface area contributed by atoms with Gasteiger partial charge in [-0.15, -0.1) is 6.58 Å². The van der Waals surface area contributed by atoms with Crippen molar-refractivity contribution in [1.82, 2.24) is 0 Å². The van der Waals surface area contributed by atoms with E-state index in [2.05, 4.69) is 6.58 Å². The van der Waals surface area contributed by atoms with E-state index in [0.717, 1.165) is 38.5 Å². The van der Waals surface area contributed by atoms with Crippen molar-refractivity contribution in [2.45, 2.75) is 78.6 Å². The highest BCUT2D eigenvalue weighted by Gasteiger charge is 2.40. The van der Waals surface area contributed by atoms with Crippen LogP contribution < -0.4 is 0 Å². The molecular weight excluding hydrogens is 398 g/mol. The predicted octanol–water partition coefficient (Wildman–Crippen LogP) is 4.66. The molecule has 0 amide bonds. The molecule has 0 fully saturated rings. The van der Waals surface area contributed by atoms with E-state index >= 15 is 0 Å². The highest BCUT2D eigenvalue weighted by Crippen LogP contribution is 2.25. The lowest BCUT2D eigenvalue weighted by molar-refractivity contribution is -0.935. The zero-order chi connectivity index (χ0) is 23.9. The quantitative estimate of drug-likeness (QED) is 0.144. The van der Waals surface area contributed by atoms with Crippen molar-refractivity contribution in [2.75, 3.05) is 26.2 Å². The minimum Gasteiger partial charge on any atom is -0.481 e. The fourth-order valence-electron chi connectivity index (χ4n) is 4.31. The van der Waals surface area contributed by atoms with Gasteiger partial charge in [0.1, 0.15) is 17.8 Å². The molecule has 0 spiro atoms. The standard InChI is InChI=1S/C24H43NO6/c1-5-9-10-11-12-13-14-15-25(16-19(6-2)22(26)27,17-20(7-3)23(28)29)18-21(8-4)24(30)31/h5,19-21H,1,6-18H2,2-4H3,(H2-,26,27,28,29,30,31)/p+1. The Morgan fingerprint density at radius 1 is 0.710 bits per heavy atom. The summed E-state index contributed by atoms with van der Waals surface area (Å²) in [5.74, 6) is -4.57. The van der Waals surface area contributed by atoms with Gasteiger partial charge in [-0.3, -0.25) is 14.4 Å². The van der Waals surface area contributed by atoms with Gasteiger partial charge in [0.2, 0.25) is 0 Å². The number of allylic oxidation sites excluding steroid dienone is 1. The van der Waals surface area contributed by atoms with Gasteiger partial charge in [0, 0.05) is 0 Å². The number of rotatable bonds is 20.